The summed E-state index contributed by atoms with van der Waals surface area (Å²) in [5.41, 5.74) is -2.73. The predicted molar refractivity (Wildman–Crippen MR) is 96.4 cm³/mol. The van der Waals surface area contributed by atoms with Gasteiger partial charge in [0.25, 0.3) is 0 Å². The van der Waals surface area contributed by atoms with Crippen LogP contribution in [-0.2, 0) is 14.2 Å². The quantitative estimate of drug-likeness (QED) is 0.580. The first-order valence-corrected chi connectivity index (χ1v) is 8.71. The van der Waals surface area contributed by atoms with Gasteiger partial charge in [0, 0.05) is 0 Å². The van der Waals surface area contributed by atoms with Gasteiger partial charge in [0.05, 0.1) is 18.2 Å². The molecule has 1 heterocycles. The molecule has 0 spiro atoms. The summed E-state index contributed by atoms with van der Waals surface area (Å²) in [6.07, 6.45) is -2.41. The minimum Gasteiger partial charge on any atom is -0.465 e. The highest BCUT2D eigenvalue weighted by molar-refractivity contribution is 6.20. The van der Waals surface area contributed by atoms with E-state index in [1.807, 2.05) is 0 Å². The van der Waals surface area contributed by atoms with E-state index in [0.29, 0.717) is 5.56 Å². The summed E-state index contributed by atoms with van der Waals surface area (Å²) in [7, 11) is 1.24. The number of carbonyl (C=O) groups excluding carboxylic acids is 2. The zero-order valence-corrected chi connectivity index (χ0v) is 15.5. The van der Waals surface area contributed by atoms with Crippen molar-refractivity contribution >= 4 is 23.5 Å². The molecule has 1 saturated heterocycles. The second-order valence-electron chi connectivity index (χ2n) is 6.29. The number of benzene rings is 2. The Morgan fingerprint density at radius 2 is 1.70 bits per heavy atom. The first-order chi connectivity index (χ1) is 12.9. The molecular formula is C20H18ClFO5. The van der Waals surface area contributed by atoms with Gasteiger partial charge in [-0.05, 0) is 30.7 Å². The summed E-state index contributed by atoms with van der Waals surface area (Å²) in [4.78, 5) is 24.5. The lowest BCUT2D eigenvalue weighted by molar-refractivity contribution is -0.0246. The van der Waals surface area contributed by atoms with Crippen LogP contribution in [0.1, 0.15) is 39.3 Å². The maximum atomic E-state index is 15.2. The van der Waals surface area contributed by atoms with E-state index in [1.165, 1.54) is 20.1 Å². The van der Waals surface area contributed by atoms with Gasteiger partial charge in [-0.15, -0.1) is 0 Å². The summed E-state index contributed by atoms with van der Waals surface area (Å²) in [5, 5.41) is 0. The minimum atomic E-state index is -2.17. The maximum Gasteiger partial charge on any atom is 0.338 e. The van der Waals surface area contributed by atoms with Crippen LogP contribution < -0.4 is 0 Å². The van der Waals surface area contributed by atoms with Crippen LogP contribution in [0.5, 0.6) is 0 Å². The van der Waals surface area contributed by atoms with E-state index in [9.17, 15) is 9.59 Å². The second kappa shape index (κ2) is 7.66. The van der Waals surface area contributed by atoms with Crippen LogP contribution in [0.2, 0.25) is 0 Å². The molecule has 3 rings (SSSR count). The van der Waals surface area contributed by atoms with Gasteiger partial charge >= 0.3 is 11.9 Å². The second-order valence-corrected chi connectivity index (χ2v) is 6.69. The monoisotopic (exact) mass is 392 g/mol. The molecule has 1 aliphatic heterocycles. The molecular weight excluding hydrogens is 375 g/mol. The van der Waals surface area contributed by atoms with E-state index in [2.05, 4.69) is 0 Å². The lowest BCUT2D eigenvalue weighted by atomic mass is 9.93. The van der Waals surface area contributed by atoms with Gasteiger partial charge in [0.1, 0.15) is 6.10 Å². The van der Waals surface area contributed by atoms with E-state index in [-0.39, 0.29) is 11.1 Å². The lowest BCUT2D eigenvalue weighted by Gasteiger charge is -2.26. The maximum absolute atomic E-state index is 15.2. The molecule has 7 heteroatoms. The molecule has 1 aliphatic rings. The third-order valence-electron chi connectivity index (χ3n) is 4.46. The van der Waals surface area contributed by atoms with Crippen molar-refractivity contribution in [3.05, 3.63) is 71.3 Å². The SMILES string of the molecule is COC(=O)c1ccccc1[C@H]1OC(Cl)[C@](C)(F)[C@@H]1OC(=O)c1ccccc1. The number of methoxy groups -OCH3 is 1. The number of rotatable bonds is 4. The molecule has 0 saturated carbocycles. The summed E-state index contributed by atoms with van der Waals surface area (Å²) < 4.78 is 31.0. The molecule has 2 aromatic rings. The number of carbonyl (C=O) groups is 2. The largest absolute Gasteiger partial charge is 0.465 e. The van der Waals surface area contributed by atoms with Gasteiger partial charge in [-0.3, -0.25) is 0 Å². The van der Waals surface area contributed by atoms with Gasteiger partial charge in [0.15, 0.2) is 17.3 Å². The lowest BCUT2D eigenvalue weighted by Crippen LogP contribution is -2.41. The number of alkyl halides is 2. The summed E-state index contributed by atoms with van der Waals surface area (Å²) in [5.74, 6) is -1.32. The Bertz CT molecular complexity index is 839. The van der Waals surface area contributed by atoms with E-state index < -0.39 is 35.4 Å². The molecule has 0 N–H and O–H groups in total. The van der Waals surface area contributed by atoms with Gasteiger partial charge < -0.3 is 14.2 Å². The number of esters is 2. The summed E-state index contributed by atoms with van der Waals surface area (Å²) in [6, 6.07) is 14.6. The van der Waals surface area contributed by atoms with Crippen LogP contribution >= 0.6 is 11.6 Å². The molecule has 142 valence electrons. The molecule has 27 heavy (non-hydrogen) atoms. The van der Waals surface area contributed by atoms with Crippen molar-refractivity contribution in [1.82, 2.24) is 0 Å². The molecule has 0 amide bonds. The molecule has 0 aliphatic carbocycles. The van der Waals surface area contributed by atoms with Crippen molar-refractivity contribution in [2.24, 2.45) is 0 Å². The fraction of sp³-hybridized carbons (Fsp3) is 0.300. The predicted octanol–water partition coefficient (Wildman–Crippen LogP) is 4.06. The Hall–Kier alpha value is -2.44. The zero-order valence-electron chi connectivity index (χ0n) is 14.7. The number of hydrogen-bond donors (Lipinski definition) is 0. The van der Waals surface area contributed by atoms with Gasteiger partial charge in [-0.25, -0.2) is 14.0 Å². The van der Waals surface area contributed by atoms with E-state index in [4.69, 9.17) is 25.8 Å². The Morgan fingerprint density at radius 3 is 2.37 bits per heavy atom. The third kappa shape index (κ3) is 3.68. The average molecular weight is 393 g/mol. The number of halogens is 2. The summed E-state index contributed by atoms with van der Waals surface area (Å²) >= 11 is 6.03. The molecule has 0 aromatic heterocycles. The molecule has 0 bridgehead atoms. The third-order valence-corrected chi connectivity index (χ3v) is 4.99. The summed E-state index contributed by atoms with van der Waals surface area (Å²) in [6.45, 7) is 1.20. The van der Waals surface area contributed by atoms with E-state index >= 15 is 4.39 Å². The van der Waals surface area contributed by atoms with Crippen molar-refractivity contribution in [2.75, 3.05) is 7.11 Å². The van der Waals surface area contributed by atoms with Gasteiger partial charge in [-0.2, -0.15) is 0 Å². The first kappa shape index (κ1) is 19.3. The van der Waals surface area contributed by atoms with Crippen LogP contribution in [0.25, 0.3) is 0 Å². The van der Waals surface area contributed by atoms with Crippen LogP contribution in [0, 0.1) is 0 Å². The van der Waals surface area contributed by atoms with Crippen molar-refractivity contribution in [1.29, 1.82) is 0 Å². The van der Waals surface area contributed by atoms with Crippen LogP contribution in [0.3, 0.4) is 0 Å². The standard InChI is InChI=1S/C20H18ClFO5/c1-20(22)16(27-17(23)12-8-4-3-5-9-12)15(26-19(20)21)13-10-6-7-11-14(13)18(24)25-2/h3-11,15-16,19H,1-2H3/t15-,16-,19?,20-/m1/s1. The highest BCUT2D eigenvalue weighted by Crippen LogP contribution is 2.46. The van der Waals surface area contributed by atoms with E-state index in [0.717, 1.165) is 0 Å². The molecule has 1 fully saturated rings. The minimum absolute atomic E-state index is 0.187. The average Bonchev–Trinajstić information content (AvgIpc) is 2.91. The highest BCUT2D eigenvalue weighted by Gasteiger charge is 2.57. The zero-order chi connectivity index (χ0) is 19.6. The van der Waals surface area contributed by atoms with Crippen LogP contribution in [0.4, 0.5) is 4.39 Å². The van der Waals surface area contributed by atoms with Gasteiger partial charge in [0.2, 0.25) is 0 Å². The Labute approximate surface area is 161 Å². The Balaban J connectivity index is 1.97. The fourth-order valence-corrected chi connectivity index (χ4v) is 3.21. The molecule has 2 aromatic carbocycles. The van der Waals surface area contributed by atoms with Crippen molar-refractivity contribution in [3.63, 3.8) is 0 Å². The molecule has 1 unspecified atom stereocenters. The topological polar surface area (TPSA) is 61.8 Å². The Morgan fingerprint density at radius 1 is 1.07 bits per heavy atom. The van der Waals surface area contributed by atoms with Crippen molar-refractivity contribution in [2.45, 2.75) is 30.4 Å². The van der Waals surface area contributed by atoms with Crippen molar-refractivity contribution < 1.29 is 28.2 Å². The van der Waals surface area contributed by atoms with E-state index in [1.54, 1.807) is 48.5 Å². The Kier molecular flexibility index (Phi) is 5.48. The molecule has 5 nitrogen and oxygen atoms in total. The highest BCUT2D eigenvalue weighted by atomic mass is 35.5. The molecule has 4 atom stereocenters. The van der Waals surface area contributed by atoms with Crippen LogP contribution in [-0.4, -0.2) is 36.4 Å². The number of hydrogen-bond acceptors (Lipinski definition) is 5. The van der Waals surface area contributed by atoms with Crippen LogP contribution in [0.15, 0.2) is 54.6 Å². The van der Waals surface area contributed by atoms with Gasteiger partial charge in [-0.1, -0.05) is 48.0 Å². The fourth-order valence-electron chi connectivity index (χ4n) is 2.97. The smallest absolute Gasteiger partial charge is 0.338 e. The molecule has 0 radical (unpaired) electrons. The number of ether oxygens (including phenoxy) is 3. The normalized spacial score (nSPS) is 27.2. The first-order valence-electron chi connectivity index (χ1n) is 8.28. The van der Waals surface area contributed by atoms with Crippen molar-refractivity contribution in [3.8, 4) is 0 Å².